The Bertz CT molecular complexity index is 1730. The Morgan fingerprint density at radius 3 is 2.47 bits per heavy atom. The van der Waals surface area contributed by atoms with Gasteiger partial charge in [0, 0.05) is 46.6 Å². The van der Waals surface area contributed by atoms with Gasteiger partial charge in [0.25, 0.3) is 0 Å². The zero-order valence-corrected chi connectivity index (χ0v) is 21.5. The number of nitrogens with zero attached hydrogens (tertiary/aromatic N) is 4. The summed E-state index contributed by atoms with van der Waals surface area (Å²) in [4.78, 5) is 17.8. The van der Waals surface area contributed by atoms with Gasteiger partial charge in [-0.05, 0) is 49.4 Å². The van der Waals surface area contributed by atoms with Gasteiger partial charge in [-0.3, -0.25) is 10.9 Å². The quantitative estimate of drug-likeness (QED) is 0.256. The van der Waals surface area contributed by atoms with E-state index in [1.807, 2.05) is 61.5 Å². The lowest BCUT2D eigenvalue weighted by Gasteiger charge is -2.21. The Hall–Kier alpha value is -4.96. The number of hydrazine groups is 1. The predicted molar refractivity (Wildman–Crippen MR) is 150 cm³/mol. The standard InChI is InChI=1S/C28H24N8OS/c1-17-16-38-27(32-17)24-20-6-3-4-7-21(20)25(36-35-24)33-18-9-11-19(12-10-18)37-26-22(8-5-14-30-26)23-13-15-31-28(29-2)34-23/h3-16,33,35-36H,1-2H3,(H,29,31,34). The Morgan fingerprint density at radius 2 is 1.68 bits per heavy atom. The van der Waals surface area contributed by atoms with Gasteiger partial charge < -0.3 is 15.4 Å². The molecule has 0 radical (unpaired) electrons. The highest BCUT2D eigenvalue weighted by Gasteiger charge is 2.15. The van der Waals surface area contributed by atoms with Crippen LogP contribution in [0.25, 0.3) is 22.8 Å². The Labute approximate surface area is 223 Å². The third-order valence-corrected chi connectivity index (χ3v) is 6.85. The molecule has 0 aliphatic carbocycles. The fourth-order valence-electron chi connectivity index (χ4n) is 4.07. The van der Waals surface area contributed by atoms with E-state index in [9.17, 15) is 0 Å². The average Bonchev–Trinajstić information content (AvgIpc) is 3.40. The van der Waals surface area contributed by atoms with E-state index in [1.54, 1.807) is 30.8 Å². The number of pyridine rings is 1. The van der Waals surface area contributed by atoms with Crippen LogP contribution in [0.4, 0.5) is 11.6 Å². The molecule has 0 fully saturated rings. The molecule has 3 aromatic heterocycles. The first kappa shape index (κ1) is 23.4. The van der Waals surface area contributed by atoms with Crippen LogP contribution in [0.15, 0.2) is 84.5 Å². The molecule has 2 aromatic carbocycles. The number of hydrogen-bond donors (Lipinski definition) is 4. The molecule has 0 bridgehead atoms. The van der Waals surface area contributed by atoms with Crippen LogP contribution in [0.5, 0.6) is 11.6 Å². The predicted octanol–water partition coefficient (Wildman–Crippen LogP) is 3.58. The highest BCUT2D eigenvalue weighted by molar-refractivity contribution is 7.10. The molecule has 0 spiro atoms. The molecule has 0 atom stereocenters. The van der Waals surface area contributed by atoms with Gasteiger partial charge in [0.2, 0.25) is 11.8 Å². The van der Waals surface area contributed by atoms with Crippen LogP contribution >= 0.6 is 11.3 Å². The lowest BCUT2D eigenvalue weighted by Crippen LogP contribution is -2.49. The van der Waals surface area contributed by atoms with E-state index in [2.05, 4.69) is 58.9 Å². The van der Waals surface area contributed by atoms with Gasteiger partial charge in [0.05, 0.1) is 17.0 Å². The van der Waals surface area contributed by atoms with Gasteiger partial charge in [-0.1, -0.05) is 24.3 Å². The first-order chi connectivity index (χ1) is 18.7. The van der Waals surface area contributed by atoms with Gasteiger partial charge >= 0.3 is 0 Å². The third kappa shape index (κ3) is 4.72. The number of fused-ring (bicyclic) bond motifs is 1. The number of nitrogens with one attached hydrogen (secondary N) is 4. The van der Waals surface area contributed by atoms with Crippen molar-refractivity contribution in [1.29, 1.82) is 0 Å². The summed E-state index contributed by atoms with van der Waals surface area (Å²) in [6, 6.07) is 21.6. The summed E-state index contributed by atoms with van der Waals surface area (Å²) in [5.74, 6) is 2.51. The van der Waals surface area contributed by atoms with E-state index in [1.165, 1.54) is 0 Å². The van der Waals surface area contributed by atoms with E-state index in [-0.39, 0.29) is 0 Å². The maximum atomic E-state index is 6.14. The van der Waals surface area contributed by atoms with Crippen LogP contribution in [0, 0.1) is 6.92 Å². The number of ether oxygens (including phenoxy) is 1. The number of aryl methyl sites for hydroxylation is 1. The molecular weight excluding hydrogens is 496 g/mol. The number of hydrogen-bond acceptors (Lipinski definition) is 10. The summed E-state index contributed by atoms with van der Waals surface area (Å²) in [7, 11) is 1.78. The largest absolute Gasteiger partial charge is 0.438 e. The SMILES string of the molecule is CNc1nccc(-c2cccnc2Oc2ccc(NC3=c4ccccc4=C(c4nc(C)cs4)NN3)cc2)n1. The number of thiazole rings is 1. The van der Waals surface area contributed by atoms with E-state index < -0.39 is 0 Å². The third-order valence-electron chi connectivity index (χ3n) is 5.88. The second kappa shape index (κ2) is 10.2. The van der Waals surface area contributed by atoms with Crippen molar-refractivity contribution in [2.45, 2.75) is 6.92 Å². The van der Waals surface area contributed by atoms with E-state index >= 15 is 0 Å². The molecule has 1 aliphatic heterocycles. The summed E-state index contributed by atoms with van der Waals surface area (Å²) >= 11 is 1.62. The minimum absolute atomic E-state index is 0.468. The summed E-state index contributed by atoms with van der Waals surface area (Å²) < 4.78 is 6.14. The molecule has 188 valence electrons. The molecule has 38 heavy (non-hydrogen) atoms. The zero-order valence-electron chi connectivity index (χ0n) is 20.7. The lowest BCUT2D eigenvalue weighted by molar-refractivity contribution is 0.465. The highest BCUT2D eigenvalue weighted by atomic mass is 32.1. The molecule has 0 unspecified atom stereocenters. The topological polar surface area (TPSA) is 109 Å². The molecule has 1 aliphatic rings. The molecular formula is C28H24N8OS. The minimum atomic E-state index is 0.468. The average molecular weight is 521 g/mol. The van der Waals surface area contributed by atoms with E-state index in [0.29, 0.717) is 17.6 Å². The van der Waals surface area contributed by atoms with Crippen molar-refractivity contribution in [3.63, 3.8) is 0 Å². The number of rotatable bonds is 7. The first-order valence-electron chi connectivity index (χ1n) is 12.0. The second-order valence-electron chi connectivity index (χ2n) is 8.46. The number of aromatic nitrogens is 4. The Kier molecular flexibility index (Phi) is 6.29. The molecule has 0 saturated heterocycles. The van der Waals surface area contributed by atoms with E-state index in [4.69, 9.17) is 4.74 Å². The molecule has 4 N–H and O–H groups in total. The summed E-state index contributed by atoms with van der Waals surface area (Å²) in [6.07, 6.45) is 3.40. The van der Waals surface area contributed by atoms with Crippen LogP contribution in [-0.4, -0.2) is 27.0 Å². The Balaban J connectivity index is 1.26. The maximum absolute atomic E-state index is 6.14. The van der Waals surface area contributed by atoms with Gasteiger partial charge in [-0.2, -0.15) is 0 Å². The van der Waals surface area contributed by atoms with Crippen molar-refractivity contribution in [3.8, 4) is 22.9 Å². The molecule has 10 heteroatoms. The van der Waals surface area contributed by atoms with Crippen molar-refractivity contribution in [3.05, 3.63) is 106 Å². The lowest BCUT2D eigenvalue weighted by atomic mass is 10.1. The monoisotopic (exact) mass is 520 g/mol. The molecule has 9 nitrogen and oxygen atoms in total. The molecule has 5 aromatic rings. The zero-order chi connectivity index (χ0) is 25.9. The summed E-state index contributed by atoms with van der Waals surface area (Å²) in [6.45, 7) is 2.00. The highest BCUT2D eigenvalue weighted by Crippen LogP contribution is 2.31. The van der Waals surface area contributed by atoms with Gasteiger partial charge in [0.1, 0.15) is 16.6 Å². The molecule has 4 heterocycles. The van der Waals surface area contributed by atoms with Crippen LogP contribution in [-0.2, 0) is 0 Å². The van der Waals surface area contributed by atoms with Crippen LogP contribution in [0.1, 0.15) is 10.7 Å². The smallest absolute Gasteiger partial charge is 0.228 e. The van der Waals surface area contributed by atoms with Crippen LogP contribution in [0.3, 0.4) is 0 Å². The maximum Gasteiger partial charge on any atom is 0.228 e. The fourth-order valence-corrected chi connectivity index (χ4v) is 4.88. The van der Waals surface area contributed by atoms with Crippen molar-refractivity contribution in [2.24, 2.45) is 0 Å². The van der Waals surface area contributed by atoms with Crippen molar-refractivity contribution in [2.75, 3.05) is 17.7 Å². The normalized spacial score (nSPS) is 12.3. The minimum Gasteiger partial charge on any atom is -0.438 e. The molecule has 0 saturated carbocycles. The van der Waals surface area contributed by atoms with Gasteiger partial charge in [-0.25, -0.2) is 19.9 Å². The van der Waals surface area contributed by atoms with Gasteiger partial charge in [-0.15, -0.1) is 11.3 Å². The fraction of sp³-hybridized carbons (Fsp3) is 0.0714. The Morgan fingerprint density at radius 1 is 0.842 bits per heavy atom. The molecule has 0 amide bonds. The summed E-state index contributed by atoms with van der Waals surface area (Å²) in [5.41, 5.74) is 11.0. The second-order valence-corrected chi connectivity index (χ2v) is 9.32. The van der Waals surface area contributed by atoms with E-state index in [0.717, 1.165) is 49.6 Å². The van der Waals surface area contributed by atoms with Crippen LogP contribution in [0.2, 0.25) is 0 Å². The van der Waals surface area contributed by atoms with Crippen molar-refractivity contribution in [1.82, 2.24) is 30.8 Å². The summed E-state index contributed by atoms with van der Waals surface area (Å²) in [5, 5.41) is 11.6. The van der Waals surface area contributed by atoms with Crippen LogP contribution < -0.4 is 36.7 Å². The first-order valence-corrected chi connectivity index (χ1v) is 12.9. The van der Waals surface area contributed by atoms with Crippen molar-refractivity contribution >= 4 is 34.5 Å². The molecule has 6 rings (SSSR count). The number of anilines is 2. The number of benzene rings is 2. The van der Waals surface area contributed by atoms with Crippen molar-refractivity contribution < 1.29 is 4.74 Å². The van der Waals surface area contributed by atoms with Gasteiger partial charge in [0.15, 0.2) is 0 Å².